The minimum Gasteiger partial charge on any atom is -0.166 e. The molecule has 0 spiro atoms. The summed E-state index contributed by atoms with van der Waals surface area (Å²) in [6.07, 6.45) is -4.66. The first-order valence-electron chi connectivity index (χ1n) is 22.0. The predicted octanol–water partition coefficient (Wildman–Crippen LogP) is 18.3. The number of alkyl halides is 3. The molecule has 0 atom stereocenters. The number of fused-ring (bicyclic) bond motifs is 10. The van der Waals surface area contributed by atoms with Gasteiger partial charge in [0.1, 0.15) is 0 Å². The molecule has 12 aromatic rings. The van der Waals surface area contributed by atoms with E-state index in [1.54, 1.807) is 0 Å². The van der Waals surface area contributed by atoms with Crippen molar-refractivity contribution in [2.45, 2.75) is 13.1 Å². The highest BCUT2D eigenvalue weighted by molar-refractivity contribution is 6.26. The third-order valence-corrected chi connectivity index (χ3v) is 13.4. The molecule has 3 heteroatoms. The molecule has 0 aromatic heterocycles. The summed E-state index contributed by atoms with van der Waals surface area (Å²) in [4.78, 5) is 0. The van der Waals surface area contributed by atoms with Crippen LogP contribution in [0.5, 0.6) is 0 Å². The quantitative estimate of drug-likeness (QED) is 0.151. The largest absolute Gasteiger partial charge is 0.417 e. The lowest BCUT2D eigenvalue weighted by molar-refractivity contribution is -0.137. The summed E-state index contributed by atoms with van der Waals surface area (Å²) >= 11 is 0. The van der Waals surface area contributed by atoms with Crippen LogP contribution in [0.25, 0.3) is 120 Å². The topological polar surface area (TPSA) is 0 Å². The van der Waals surface area contributed by atoms with Gasteiger partial charge in [0.15, 0.2) is 0 Å². The zero-order chi connectivity index (χ0) is 43.8. The van der Waals surface area contributed by atoms with Crippen LogP contribution in [0.4, 0.5) is 13.2 Å². The van der Waals surface area contributed by atoms with E-state index in [4.69, 9.17) is 0 Å². The molecule has 65 heavy (non-hydrogen) atoms. The molecule has 0 amide bonds. The van der Waals surface area contributed by atoms with E-state index >= 15 is 13.2 Å². The summed E-state index contributed by atoms with van der Waals surface area (Å²) in [5, 5.41) is 11.2. The van der Waals surface area contributed by atoms with Gasteiger partial charge in [0, 0.05) is 0 Å². The summed E-state index contributed by atoms with van der Waals surface area (Å²) < 4.78 is 48.2. The molecule has 0 bridgehead atoms. The molecule has 0 saturated heterocycles. The third-order valence-electron chi connectivity index (χ3n) is 13.4. The van der Waals surface area contributed by atoms with Gasteiger partial charge in [-0.3, -0.25) is 0 Å². The van der Waals surface area contributed by atoms with E-state index < -0.39 is 11.7 Å². The predicted molar refractivity (Wildman–Crippen MR) is 268 cm³/mol. The summed E-state index contributed by atoms with van der Waals surface area (Å²) in [6.45, 7) is 1.95. The molecule has 0 radical (unpaired) electrons. The second-order valence-electron chi connectivity index (χ2n) is 17.1. The van der Waals surface area contributed by atoms with Crippen LogP contribution in [-0.4, -0.2) is 0 Å². The average Bonchev–Trinajstić information content (AvgIpc) is 3.35. The van der Waals surface area contributed by atoms with E-state index in [2.05, 4.69) is 103 Å². The van der Waals surface area contributed by atoms with Gasteiger partial charge in [0.2, 0.25) is 0 Å². The Kier molecular flexibility index (Phi) is 8.96. The monoisotopic (exact) mass is 840 g/mol. The lowest BCUT2D eigenvalue weighted by Crippen LogP contribution is -2.08. The normalized spacial score (nSPS) is 12.0. The van der Waals surface area contributed by atoms with Crippen LogP contribution < -0.4 is 0 Å². The van der Waals surface area contributed by atoms with Crippen LogP contribution in [0.1, 0.15) is 11.1 Å². The Morgan fingerprint density at radius 3 is 0.923 bits per heavy atom. The van der Waals surface area contributed by atoms with E-state index in [0.29, 0.717) is 10.9 Å². The molecule has 0 fully saturated rings. The van der Waals surface area contributed by atoms with Crippen LogP contribution in [0.15, 0.2) is 218 Å². The zero-order valence-electron chi connectivity index (χ0n) is 35.4. The molecule has 0 heterocycles. The van der Waals surface area contributed by atoms with Gasteiger partial charge in [-0.2, -0.15) is 13.2 Å². The average molecular weight is 841 g/mol. The van der Waals surface area contributed by atoms with Gasteiger partial charge in [-0.05, 0) is 175 Å². The minimum absolute atomic E-state index is 0.160. The van der Waals surface area contributed by atoms with Crippen molar-refractivity contribution in [3.63, 3.8) is 0 Å². The fourth-order valence-corrected chi connectivity index (χ4v) is 10.4. The lowest BCUT2D eigenvalue weighted by atomic mass is 9.83. The van der Waals surface area contributed by atoms with Crippen molar-refractivity contribution in [3.8, 4) is 55.6 Å². The molecule has 0 aliphatic heterocycles. The fraction of sp³-hybridized carbons (Fsp3) is 0.0323. The van der Waals surface area contributed by atoms with E-state index in [0.717, 1.165) is 109 Å². The Bertz CT molecular complexity index is 3840. The number of rotatable bonds is 5. The number of benzene rings is 12. The molecule has 308 valence electrons. The van der Waals surface area contributed by atoms with Crippen molar-refractivity contribution in [2.24, 2.45) is 0 Å². The summed E-state index contributed by atoms with van der Waals surface area (Å²) in [5.74, 6) is 0. The Labute approximate surface area is 374 Å². The van der Waals surface area contributed by atoms with Crippen molar-refractivity contribution in [3.05, 3.63) is 230 Å². The molecule has 0 N–H and O–H groups in total. The molecule has 0 aliphatic carbocycles. The van der Waals surface area contributed by atoms with E-state index in [1.807, 2.05) is 116 Å². The van der Waals surface area contributed by atoms with Crippen LogP contribution in [0, 0.1) is 6.92 Å². The van der Waals surface area contributed by atoms with E-state index in [-0.39, 0.29) is 5.56 Å². The molecular weight excluding hydrogens is 802 g/mol. The molecule has 0 nitrogen and oxygen atoms in total. The highest BCUT2D eigenvalue weighted by atomic mass is 19.4. The second-order valence-corrected chi connectivity index (χ2v) is 17.1. The molecule has 12 aromatic carbocycles. The van der Waals surface area contributed by atoms with Crippen molar-refractivity contribution in [1.82, 2.24) is 0 Å². The van der Waals surface area contributed by atoms with Crippen molar-refractivity contribution < 1.29 is 13.2 Å². The highest BCUT2D eigenvalue weighted by Gasteiger charge is 2.35. The first-order chi connectivity index (χ1) is 31.8. The minimum atomic E-state index is -4.66. The van der Waals surface area contributed by atoms with Crippen LogP contribution >= 0.6 is 0 Å². The smallest absolute Gasteiger partial charge is 0.166 e. The zero-order valence-corrected chi connectivity index (χ0v) is 35.4. The summed E-state index contributed by atoms with van der Waals surface area (Å²) in [7, 11) is 0. The Morgan fingerprint density at radius 2 is 0.523 bits per heavy atom. The van der Waals surface area contributed by atoms with Crippen LogP contribution in [-0.2, 0) is 6.18 Å². The highest BCUT2D eigenvalue weighted by Crippen LogP contribution is 2.49. The van der Waals surface area contributed by atoms with Gasteiger partial charge in [0.05, 0.1) is 5.56 Å². The fourth-order valence-electron chi connectivity index (χ4n) is 10.4. The van der Waals surface area contributed by atoms with Gasteiger partial charge in [-0.25, -0.2) is 0 Å². The lowest BCUT2D eigenvalue weighted by Gasteiger charge is -2.22. The van der Waals surface area contributed by atoms with Gasteiger partial charge in [-0.15, -0.1) is 0 Å². The Balaban J connectivity index is 1.22. The Morgan fingerprint density at radius 1 is 0.246 bits per heavy atom. The first kappa shape index (κ1) is 38.6. The maximum Gasteiger partial charge on any atom is 0.417 e. The molecule has 12 rings (SSSR count). The van der Waals surface area contributed by atoms with Crippen LogP contribution in [0.3, 0.4) is 0 Å². The maximum absolute atomic E-state index is 16.1. The van der Waals surface area contributed by atoms with E-state index in [9.17, 15) is 0 Å². The number of aryl methyl sites for hydroxylation is 1. The first-order valence-corrected chi connectivity index (χ1v) is 22.0. The third kappa shape index (κ3) is 6.38. The SMILES string of the molecule is Cc1cc2c(-c3ccccc3)cc3c4ccccc4c(-c4ccccc4)cc3c2cc1-c1cc2c(-c3ccccc3)cc3c4ccccc4c(-c4ccccc4)cc3c2cc1C(F)(F)F. The molecular formula is C62H39F3. The van der Waals surface area contributed by atoms with Gasteiger partial charge in [0.25, 0.3) is 0 Å². The standard InChI is InChI=1S/C62H39F3/c1-38-30-52-50(41-22-10-4-11-23-41)34-53-45-28-16-14-26-43(45)48(39-18-6-2-7-19-39)32-57(53)56(52)31-47(38)60-36-55-51(42-24-12-5-13-25-42)35-54-46-29-17-15-27-44(46)49(40-20-8-3-9-21-40)33-58(54)59(55)37-61(60)62(63,64)65/h2-37H,1H3. The molecule has 0 saturated carbocycles. The van der Waals surface area contributed by atoms with E-state index in [1.165, 1.54) is 6.07 Å². The maximum atomic E-state index is 16.1. The second kappa shape index (κ2) is 15.1. The number of hydrogen-bond donors (Lipinski definition) is 0. The Hall–Kier alpha value is -8.01. The van der Waals surface area contributed by atoms with Gasteiger partial charge < -0.3 is 0 Å². The van der Waals surface area contributed by atoms with Crippen molar-refractivity contribution in [1.29, 1.82) is 0 Å². The summed E-state index contributed by atoms with van der Waals surface area (Å²) in [5.41, 5.74) is 8.87. The summed E-state index contributed by atoms with van der Waals surface area (Å²) in [6, 6.07) is 73.6. The molecule has 0 unspecified atom stereocenters. The number of halogens is 3. The number of hydrogen-bond acceptors (Lipinski definition) is 0. The van der Waals surface area contributed by atoms with Gasteiger partial charge in [-0.1, -0.05) is 176 Å². The van der Waals surface area contributed by atoms with Crippen molar-refractivity contribution in [2.75, 3.05) is 0 Å². The van der Waals surface area contributed by atoms with Gasteiger partial charge >= 0.3 is 6.18 Å². The van der Waals surface area contributed by atoms with Crippen LogP contribution in [0.2, 0.25) is 0 Å². The van der Waals surface area contributed by atoms with Crippen molar-refractivity contribution >= 4 is 64.6 Å². The molecule has 0 aliphatic rings.